The van der Waals surface area contributed by atoms with Gasteiger partial charge in [0.15, 0.2) is 0 Å². The summed E-state index contributed by atoms with van der Waals surface area (Å²) in [6, 6.07) is 16.2. The Labute approximate surface area is 134 Å². The first kappa shape index (κ1) is 13.4. The number of benzene rings is 2. The first-order valence-corrected chi connectivity index (χ1v) is 7.79. The van der Waals surface area contributed by atoms with Crippen LogP contribution in [-0.2, 0) is 6.42 Å². The van der Waals surface area contributed by atoms with Gasteiger partial charge in [-0.15, -0.1) is 0 Å². The molecule has 0 saturated heterocycles. The van der Waals surface area contributed by atoms with Gasteiger partial charge in [-0.1, -0.05) is 41.9 Å². The van der Waals surface area contributed by atoms with Crippen LogP contribution >= 0.6 is 11.6 Å². The van der Waals surface area contributed by atoms with Gasteiger partial charge in [-0.05, 0) is 37.1 Å². The smallest absolute Gasteiger partial charge is 0.133 e. The van der Waals surface area contributed by atoms with E-state index in [0.717, 1.165) is 40.8 Å². The van der Waals surface area contributed by atoms with Crippen molar-refractivity contribution in [2.24, 2.45) is 0 Å². The van der Waals surface area contributed by atoms with Crippen LogP contribution in [0.15, 0.2) is 48.5 Å². The maximum Gasteiger partial charge on any atom is 0.133 e. The van der Waals surface area contributed by atoms with E-state index in [1.54, 1.807) is 0 Å². The Hall–Kier alpha value is -2.26. The Bertz CT molecular complexity index is 851. The summed E-state index contributed by atoms with van der Waals surface area (Å²) in [5.41, 5.74) is 5.68. The predicted molar refractivity (Wildman–Crippen MR) is 90.9 cm³/mol. The molecule has 1 aromatic heterocycles. The fourth-order valence-corrected chi connectivity index (χ4v) is 3.21. The van der Waals surface area contributed by atoms with Gasteiger partial charge in [-0.25, -0.2) is 4.68 Å². The zero-order valence-corrected chi connectivity index (χ0v) is 13.1. The maximum absolute atomic E-state index is 6.14. The third kappa shape index (κ3) is 2.09. The standard InChI is InChI=1S/C18H16ClN3/c1-12-5-2-3-8-16(12)22-18-15(9-10-20-18)17(21-22)13-6-4-7-14(19)11-13/h2-8,11,20H,9-10H2,1H3. The van der Waals surface area contributed by atoms with Gasteiger partial charge in [-0.2, -0.15) is 5.10 Å². The molecule has 1 aliphatic rings. The first-order valence-electron chi connectivity index (χ1n) is 7.42. The third-order valence-corrected chi connectivity index (χ3v) is 4.33. The average Bonchev–Trinajstić information content (AvgIpc) is 3.10. The number of hydrogen-bond acceptors (Lipinski definition) is 2. The lowest BCUT2D eigenvalue weighted by Gasteiger charge is -2.09. The van der Waals surface area contributed by atoms with Crippen molar-refractivity contribution < 1.29 is 0 Å². The molecule has 110 valence electrons. The van der Waals surface area contributed by atoms with E-state index in [2.05, 4.69) is 30.4 Å². The molecule has 0 atom stereocenters. The zero-order chi connectivity index (χ0) is 15.1. The minimum atomic E-state index is 0.739. The Morgan fingerprint density at radius 3 is 2.82 bits per heavy atom. The van der Waals surface area contributed by atoms with Crippen molar-refractivity contribution in [2.45, 2.75) is 13.3 Å². The molecule has 3 aromatic rings. The van der Waals surface area contributed by atoms with E-state index < -0.39 is 0 Å². The van der Waals surface area contributed by atoms with E-state index in [0.29, 0.717) is 0 Å². The quantitative estimate of drug-likeness (QED) is 0.757. The Balaban J connectivity index is 1.93. The number of aromatic nitrogens is 2. The number of para-hydroxylation sites is 1. The van der Waals surface area contributed by atoms with Crippen molar-refractivity contribution in [2.75, 3.05) is 11.9 Å². The summed E-state index contributed by atoms with van der Waals surface area (Å²) < 4.78 is 2.02. The molecule has 2 heterocycles. The van der Waals surface area contributed by atoms with Crippen molar-refractivity contribution in [3.63, 3.8) is 0 Å². The largest absolute Gasteiger partial charge is 0.369 e. The molecule has 3 nitrogen and oxygen atoms in total. The normalized spacial score (nSPS) is 13.0. The Morgan fingerprint density at radius 1 is 1.14 bits per heavy atom. The van der Waals surface area contributed by atoms with Gasteiger partial charge >= 0.3 is 0 Å². The second-order valence-corrected chi connectivity index (χ2v) is 6.00. The van der Waals surface area contributed by atoms with E-state index in [-0.39, 0.29) is 0 Å². The van der Waals surface area contributed by atoms with Crippen LogP contribution in [0.4, 0.5) is 5.82 Å². The molecular weight excluding hydrogens is 294 g/mol. The minimum Gasteiger partial charge on any atom is -0.369 e. The lowest BCUT2D eigenvalue weighted by Crippen LogP contribution is -2.05. The van der Waals surface area contributed by atoms with Crippen LogP contribution in [0, 0.1) is 6.92 Å². The third-order valence-electron chi connectivity index (χ3n) is 4.09. The second kappa shape index (κ2) is 5.18. The second-order valence-electron chi connectivity index (χ2n) is 5.56. The number of aryl methyl sites for hydroxylation is 1. The average molecular weight is 310 g/mol. The monoisotopic (exact) mass is 309 g/mol. The fraction of sp³-hybridized carbons (Fsp3) is 0.167. The zero-order valence-electron chi connectivity index (χ0n) is 12.3. The summed E-state index contributed by atoms with van der Waals surface area (Å²) in [4.78, 5) is 0. The van der Waals surface area contributed by atoms with Gasteiger partial charge in [0.1, 0.15) is 5.82 Å². The molecule has 22 heavy (non-hydrogen) atoms. The van der Waals surface area contributed by atoms with E-state index in [9.17, 15) is 0 Å². The van der Waals surface area contributed by atoms with Crippen LogP contribution in [0.2, 0.25) is 5.02 Å². The lowest BCUT2D eigenvalue weighted by molar-refractivity contribution is 0.875. The van der Waals surface area contributed by atoms with E-state index >= 15 is 0 Å². The molecule has 1 aliphatic heterocycles. The molecule has 0 amide bonds. The van der Waals surface area contributed by atoms with Gasteiger partial charge in [0, 0.05) is 22.7 Å². The number of fused-ring (bicyclic) bond motifs is 1. The molecular formula is C18H16ClN3. The molecule has 2 aromatic carbocycles. The van der Waals surface area contributed by atoms with Gasteiger partial charge in [0.25, 0.3) is 0 Å². The summed E-state index contributed by atoms with van der Waals surface area (Å²) in [5, 5.41) is 9.08. The Kier molecular flexibility index (Phi) is 3.16. The number of hydrogen-bond donors (Lipinski definition) is 1. The SMILES string of the molecule is Cc1ccccc1-n1nc(-c2cccc(Cl)c2)c2c1NCC2. The summed E-state index contributed by atoms with van der Waals surface area (Å²) >= 11 is 6.14. The maximum atomic E-state index is 6.14. The van der Waals surface area contributed by atoms with E-state index in [1.807, 2.05) is 35.0 Å². The molecule has 4 rings (SSSR count). The molecule has 0 radical (unpaired) electrons. The molecule has 0 fully saturated rings. The predicted octanol–water partition coefficient (Wildman–Crippen LogP) is 4.47. The summed E-state index contributed by atoms with van der Waals surface area (Å²) in [7, 11) is 0. The highest BCUT2D eigenvalue weighted by Crippen LogP contribution is 2.35. The highest BCUT2D eigenvalue weighted by molar-refractivity contribution is 6.30. The van der Waals surface area contributed by atoms with Crippen LogP contribution < -0.4 is 5.32 Å². The topological polar surface area (TPSA) is 29.9 Å². The molecule has 0 spiro atoms. The molecule has 0 aliphatic carbocycles. The fourth-order valence-electron chi connectivity index (χ4n) is 3.02. The Morgan fingerprint density at radius 2 is 2.00 bits per heavy atom. The van der Waals surface area contributed by atoms with E-state index in [4.69, 9.17) is 16.7 Å². The van der Waals surface area contributed by atoms with Crippen molar-refractivity contribution in [1.82, 2.24) is 9.78 Å². The van der Waals surface area contributed by atoms with Crippen LogP contribution in [0.3, 0.4) is 0 Å². The summed E-state index contributed by atoms with van der Waals surface area (Å²) in [6.07, 6.45) is 0.989. The van der Waals surface area contributed by atoms with Crippen molar-refractivity contribution >= 4 is 17.4 Å². The summed E-state index contributed by atoms with van der Waals surface area (Å²) in [6.45, 7) is 3.06. The number of nitrogens with one attached hydrogen (secondary N) is 1. The van der Waals surface area contributed by atoms with Crippen LogP contribution in [0.1, 0.15) is 11.1 Å². The summed E-state index contributed by atoms with van der Waals surface area (Å²) in [5.74, 6) is 1.10. The molecule has 0 unspecified atom stereocenters. The highest BCUT2D eigenvalue weighted by atomic mass is 35.5. The van der Waals surface area contributed by atoms with Crippen LogP contribution in [0.5, 0.6) is 0 Å². The van der Waals surface area contributed by atoms with Crippen LogP contribution in [0.25, 0.3) is 16.9 Å². The molecule has 4 heteroatoms. The van der Waals surface area contributed by atoms with Crippen molar-refractivity contribution in [3.05, 3.63) is 64.7 Å². The highest BCUT2D eigenvalue weighted by Gasteiger charge is 2.24. The number of nitrogens with zero attached hydrogens (tertiary/aromatic N) is 2. The first-order chi connectivity index (χ1) is 10.7. The lowest BCUT2D eigenvalue weighted by atomic mass is 10.1. The van der Waals surface area contributed by atoms with E-state index in [1.165, 1.54) is 11.1 Å². The van der Waals surface area contributed by atoms with Gasteiger partial charge < -0.3 is 5.32 Å². The number of halogens is 1. The molecule has 0 bridgehead atoms. The van der Waals surface area contributed by atoms with Gasteiger partial charge in [0.2, 0.25) is 0 Å². The van der Waals surface area contributed by atoms with Crippen LogP contribution in [-0.4, -0.2) is 16.3 Å². The van der Waals surface area contributed by atoms with Gasteiger partial charge in [-0.3, -0.25) is 0 Å². The van der Waals surface area contributed by atoms with Crippen molar-refractivity contribution in [3.8, 4) is 16.9 Å². The number of anilines is 1. The minimum absolute atomic E-state index is 0.739. The van der Waals surface area contributed by atoms with Crippen molar-refractivity contribution in [1.29, 1.82) is 0 Å². The molecule has 0 saturated carbocycles. The number of rotatable bonds is 2. The van der Waals surface area contributed by atoms with Gasteiger partial charge in [0.05, 0.1) is 11.4 Å². The molecule has 1 N–H and O–H groups in total.